The maximum absolute atomic E-state index is 12.4. The highest BCUT2D eigenvalue weighted by atomic mass is 32.1. The number of hydrogen-bond acceptors (Lipinski definition) is 3. The molecule has 1 aromatic heterocycles. The number of rotatable bonds is 5. The van der Waals surface area contributed by atoms with E-state index in [1.165, 1.54) is 5.56 Å². The third-order valence-corrected chi connectivity index (χ3v) is 5.01. The molecule has 3 aromatic rings. The lowest BCUT2D eigenvalue weighted by atomic mass is 10.1. The van der Waals surface area contributed by atoms with Crippen LogP contribution in [0, 0.1) is 6.92 Å². The number of aryl methyl sites for hydroxylation is 2. The summed E-state index contributed by atoms with van der Waals surface area (Å²) in [5.74, 6) is 0.689. The summed E-state index contributed by atoms with van der Waals surface area (Å²) in [6, 6.07) is 13.9. The Morgan fingerprint density at radius 3 is 2.60 bits per heavy atom. The molecule has 0 aliphatic heterocycles. The van der Waals surface area contributed by atoms with Crippen molar-refractivity contribution in [3.63, 3.8) is 0 Å². The minimum atomic E-state index is -0.130. The molecule has 5 heteroatoms. The third kappa shape index (κ3) is 3.99. The van der Waals surface area contributed by atoms with Crippen LogP contribution >= 0.6 is 11.3 Å². The number of fused-ring (bicyclic) bond motifs is 1. The first-order chi connectivity index (χ1) is 12.1. The molecule has 130 valence electrons. The average Bonchev–Trinajstić information content (AvgIpc) is 2.92. The van der Waals surface area contributed by atoms with Gasteiger partial charge in [-0.1, -0.05) is 29.5 Å². The predicted octanol–water partition coefficient (Wildman–Crippen LogP) is 4.10. The Labute approximate surface area is 151 Å². The van der Waals surface area contributed by atoms with Crippen LogP contribution in [0.2, 0.25) is 0 Å². The molecule has 1 heterocycles. The quantitative estimate of drug-likeness (QED) is 0.692. The van der Waals surface area contributed by atoms with Gasteiger partial charge in [-0.25, -0.2) is 0 Å². The Morgan fingerprint density at radius 2 is 1.92 bits per heavy atom. The van der Waals surface area contributed by atoms with Crippen molar-refractivity contribution in [3.05, 3.63) is 58.4 Å². The van der Waals surface area contributed by atoms with E-state index in [-0.39, 0.29) is 5.91 Å². The largest absolute Gasteiger partial charge is 0.494 e. The monoisotopic (exact) mass is 354 g/mol. The summed E-state index contributed by atoms with van der Waals surface area (Å²) < 4.78 is 8.68. The topological polar surface area (TPSA) is 43.6 Å². The van der Waals surface area contributed by atoms with Gasteiger partial charge in [0.15, 0.2) is 4.80 Å². The number of aromatic nitrogens is 1. The van der Waals surface area contributed by atoms with Crippen molar-refractivity contribution in [1.82, 2.24) is 4.57 Å². The molecule has 0 radical (unpaired) electrons. The highest BCUT2D eigenvalue weighted by Crippen LogP contribution is 2.19. The third-order valence-electron chi connectivity index (χ3n) is 3.96. The van der Waals surface area contributed by atoms with Gasteiger partial charge in [0.2, 0.25) is 0 Å². The zero-order valence-electron chi connectivity index (χ0n) is 14.8. The molecule has 0 N–H and O–H groups in total. The Balaban J connectivity index is 1.86. The number of nitrogens with zero attached hydrogens (tertiary/aromatic N) is 2. The zero-order chi connectivity index (χ0) is 17.8. The molecule has 0 atom stereocenters. The number of ether oxygens (including phenoxy) is 1. The van der Waals surface area contributed by atoms with Crippen molar-refractivity contribution in [3.8, 4) is 5.75 Å². The normalized spacial score (nSPS) is 11.9. The van der Waals surface area contributed by atoms with Gasteiger partial charge >= 0.3 is 0 Å². The Morgan fingerprint density at radius 1 is 1.16 bits per heavy atom. The van der Waals surface area contributed by atoms with Crippen molar-refractivity contribution in [1.29, 1.82) is 0 Å². The van der Waals surface area contributed by atoms with Gasteiger partial charge in [-0.2, -0.15) is 4.99 Å². The first-order valence-corrected chi connectivity index (χ1v) is 9.31. The first-order valence-electron chi connectivity index (χ1n) is 8.50. The minimum absolute atomic E-state index is 0.130. The van der Waals surface area contributed by atoms with Gasteiger partial charge in [-0.15, -0.1) is 0 Å². The van der Waals surface area contributed by atoms with Crippen LogP contribution in [-0.4, -0.2) is 17.1 Å². The van der Waals surface area contributed by atoms with Gasteiger partial charge < -0.3 is 9.30 Å². The van der Waals surface area contributed by atoms with Gasteiger partial charge in [-0.05, 0) is 56.2 Å². The smallest absolute Gasteiger partial charge is 0.252 e. The molecule has 25 heavy (non-hydrogen) atoms. The van der Waals surface area contributed by atoms with Crippen molar-refractivity contribution in [2.75, 3.05) is 6.61 Å². The summed E-state index contributed by atoms with van der Waals surface area (Å²) in [6.45, 7) is 7.52. The molecular formula is C20H22N2O2S. The minimum Gasteiger partial charge on any atom is -0.494 e. The predicted molar refractivity (Wildman–Crippen MR) is 102 cm³/mol. The molecule has 2 aromatic carbocycles. The molecule has 1 amide bonds. The van der Waals surface area contributed by atoms with Crippen LogP contribution in [0.4, 0.5) is 0 Å². The molecule has 0 bridgehead atoms. The Hall–Kier alpha value is -2.40. The summed E-state index contributed by atoms with van der Waals surface area (Å²) in [7, 11) is 0. The lowest BCUT2D eigenvalue weighted by Crippen LogP contribution is -2.16. The molecule has 0 spiro atoms. The maximum atomic E-state index is 12.4. The Bertz CT molecular complexity index is 952. The highest BCUT2D eigenvalue weighted by Gasteiger charge is 2.08. The van der Waals surface area contributed by atoms with E-state index in [0.29, 0.717) is 13.0 Å². The number of carbonyl (C=O) groups is 1. The van der Waals surface area contributed by atoms with E-state index >= 15 is 0 Å². The standard InChI is InChI=1S/C20H22N2O2S/c1-4-22-17-11-6-14(3)12-18(17)25-20(22)21-19(23)13-15-7-9-16(10-8-15)24-5-2/h6-12H,4-5,13H2,1-3H3. The summed E-state index contributed by atoms with van der Waals surface area (Å²) in [4.78, 5) is 17.5. The van der Waals surface area contributed by atoms with Gasteiger partial charge in [-0.3, -0.25) is 4.79 Å². The van der Waals surface area contributed by atoms with Crippen molar-refractivity contribution < 1.29 is 9.53 Å². The van der Waals surface area contributed by atoms with Crippen LogP contribution in [0.15, 0.2) is 47.5 Å². The van der Waals surface area contributed by atoms with E-state index in [2.05, 4.69) is 41.6 Å². The molecule has 0 aliphatic carbocycles. The molecule has 0 unspecified atom stereocenters. The van der Waals surface area contributed by atoms with E-state index in [9.17, 15) is 4.79 Å². The first kappa shape index (κ1) is 17.4. The highest BCUT2D eigenvalue weighted by molar-refractivity contribution is 7.16. The molecule has 4 nitrogen and oxygen atoms in total. The number of thiazole rings is 1. The average molecular weight is 354 g/mol. The van der Waals surface area contributed by atoms with Crippen molar-refractivity contribution in [2.45, 2.75) is 33.7 Å². The molecule has 0 saturated heterocycles. The van der Waals surface area contributed by atoms with Crippen LogP contribution in [0.1, 0.15) is 25.0 Å². The summed E-state index contributed by atoms with van der Waals surface area (Å²) in [6.07, 6.45) is 0.295. The maximum Gasteiger partial charge on any atom is 0.252 e. The number of benzene rings is 2. The number of carbonyl (C=O) groups excluding carboxylic acids is 1. The zero-order valence-corrected chi connectivity index (χ0v) is 15.6. The van der Waals surface area contributed by atoms with Crippen LogP contribution in [0.3, 0.4) is 0 Å². The van der Waals surface area contributed by atoms with Crippen LogP contribution in [-0.2, 0) is 17.8 Å². The fourth-order valence-corrected chi connectivity index (χ4v) is 3.97. The van der Waals surface area contributed by atoms with Gasteiger partial charge in [0.25, 0.3) is 5.91 Å². The Kier molecular flexibility index (Phi) is 5.34. The van der Waals surface area contributed by atoms with E-state index < -0.39 is 0 Å². The molecular weight excluding hydrogens is 332 g/mol. The SMILES string of the molecule is CCOc1ccc(CC(=O)N=c2sc3cc(C)ccc3n2CC)cc1. The lowest BCUT2D eigenvalue weighted by molar-refractivity contribution is -0.117. The van der Waals surface area contributed by atoms with Gasteiger partial charge in [0, 0.05) is 6.54 Å². The van der Waals surface area contributed by atoms with E-state index in [0.717, 1.165) is 32.9 Å². The van der Waals surface area contributed by atoms with E-state index in [1.54, 1.807) is 11.3 Å². The summed E-state index contributed by atoms with van der Waals surface area (Å²) >= 11 is 1.57. The fourth-order valence-electron chi connectivity index (χ4n) is 2.76. The van der Waals surface area contributed by atoms with E-state index in [1.807, 2.05) is 31.2 Å². The van der Waals surface area contributed by atoms with Crippen LogP contribution in [0.5, 0.6) is 5.75 Å². The molecule has 0 aliphatic rings. The second-order valence-corrected chi connectivity index (χ2v) is 6.87. The second-order valence-electron chi connectivity index (χ2n) is 5.86. The lowest BCUT2D eigenvalue weighted by Gasteiger charge is -2.03. The van der Waals surface area contributed by atoms with Crippen molar-refractivity contribution in [2.24, 2.45) is 4.99 Å². The summed E-state index contributed by atoms with van der Waals surface area (Å²) in [5, 5.41) is 0. The van der Waals surface area contributed by atoms with Gasteiger partial charge in [0.05, 0.1) is 23.2 Å². The number of amides is 1. The molecule has 0 saturated carbocycles. The fraction of sp³-hybridized carbons (Fsp3) is 0.300. The molecule has 3 rings (SSSR count). The van der Waals surface area contributed by atoms with Crippen LogP contribution in [0.25, 0.3) is 10.2 Å². The second kappa shape index (κ2) is 7.66. The van der Waals surface area contributed by atoms with Crippen molar-refractivity contribution >= 4 is 27.5 Å². The van der Waals surface area contributed by atoms with Crippen LogP contribution < -0.4 is 9.54 Å². The molecule has 0 fully saturated rings. The summed E-state index contributed by atoms with van der Waals surface area (Å²) in [5.41, 5.74) is 3.28. The number of hydrogen-bond donors (Lipinski definition) is 0. The van der Waals surface area contributed by atoms with E-state index in [4.69, 9.17) is 4.74 Å². The van der Waals surface area contributed by atoms with Gasteiger partial charge in [0.1, 0.15) is 5.75 Å².